The Hall–Kier alpha value is -2.77. The highest BCUT2D eigenvalue weighted by molar-refractivity contribution is 5.95. The van der Waals surface area contributed by atoms with Crippen molar-refractivity contribution in [2.45, 2.75) is 20.4 Å². The second kappa shape index (κ2) is 6.12. The van der Waals surface area contributed by atoms with Crippen LogP contribution in [0.25, 0.3) is 0 Å². The van der Waals surface area contributed by atoms with Crippen LogP contribution in [0.3, 0.4) is 0 Å². The van der Waals surface area contributed by atoms with E-state index in [1.54, 1.807) is 24.5 Å². The predicted octanol–water partition coefficient (Wildman–Crippen LogP) is 0.418. The van der Waals surface area contributed by atoms with Gasteiger partial charge in [-0.3, -0.25) is 4.79 Å². The van der Waals surface area contributed by atoms with E-state index in [1.807, 2.05) is 0 Å². The van der Waals surface area contributed by atoms with Crippen LogP contribution in [0.1, 0.15) is 32.2 Å². The van der Waals surface area contributed by atoms with Gasteiger partial charge in [0.25, 0.3) is 5.91 Å². The van der Waals surface area contributed by atoms with Crippen molar-refractivity contribution in [1.29, 1.82) is 0 Å². The number of hydrogen-bond donors (Lipinski definition) is 2. The molecule has 2 N–H and O–H groups in total. The summed E-state index contributed by atoms with van der Waals surface area (Å²) in [5.41, 5.74) is 1.70. The summed E-state index contributed by atoms with van der Waals surface area (Å²) in [4.78, 5) is 26.4. The first kappa shape index (κ1) is 14.6. The third-order valence-electron chi connectivity index (χ3n) is 2.85. The Kier molecular flexibility index (Phi) is 4.27. The maximum atomic E-state index is 12.0. The number of aromatic nitrogens is 4. The molecule has 0 saturated heterocycles. The number of aromatic carboxylic acids is 1. The van der Waals surface area contributed by atoms with Crippen LogP contribution in [0.4, 0.5) is 0 Å². The zero-order valence-corrected chi connectivity index (χ0v) is 11.7. The molecule has 0 radical (unpaired) electrons. The molecule has 1 amide bonds. The van der Waals surface area contributed by atoms with E-state index in [9.17, 15) is 9.59 Å². The number of amides is 1. The summed E-state index contributed by atoms with van der Waals surface area (Å²) in [5.74, 6) is -1.31. The molecule has 0 unspecified atom stereocenters. The molecule has 2 rings (SSSR count). The van der Waals surface area contributed by atoms with Gasteiger partial charge in [0.2, 0.25) is 0 Å². The zero-order chi connectivity index (χ0) is 15.4. The lowest BCUT2D eigenvalue weighted by molar-refractivity contribution is 0.0690. The normalized spacial score (nSPS) is 10.4. The zero-order valence-electron chi connectivity index (χ0n) is 11.7. The maximum Gasteiger partial charge on any atom is 0.356 e. The van der Waals surface area contributed by atoms with Gasteiger partial charge in [-0.05, 0) is 19.9 Å². The molecule has 0 aromatic carbocycles. The highest BCUT2D eigenvalue weighted by Gasteiger charge is 2.11. The molecular weight excluding hydrogens is 274 g/mol. The monoisotopic (exact) mass is 289 g/mol. The molecule has 21 heavy (non-hydrogen) atoms. The Morgan fingerprint density at radius 1 is 1.33 bits per heavy atom. The Balaban J connectivity index is 1.92. The number of carboxylic acid groups (broad SMARTS) is 1. The Bertz CT molecular complexity index is 680. The molecule has 2 aromatic heterocycles. The Morgan fingerprint density at radius 3 is 2.76 bits per heavy atom. The molecule has 0 aliphatic carbocycles. The van der Waals surface area contributed by atoms with Gasteiger partial charge in [0.1, 0.15) is 0 Å². The van der Waals surface area contributed by atoms with Crippen molar-refractivity contribution in [1.82, 2.24) is 25.1 Å². The number of carboxylic acids is 1. The number of rotatable bonds is 5. The third-order valence-corrected chi connectivity index (χ3v) is 2.85. The first-order valence-corrected chi connectivity index (χ1v) is 6.31. The molecule has 8 nitrogen and oxygen atoms in total. The molecule has 8 heteroatoms. The molecule has 0 spiro atoms. The van der Waals surface area contributed by atoms with E-state index in [4.69, 9.17) is 5.11 Å². The van der Waals surface area contributed by atoms with Crippen molar-refractivity contribution in [3.63, 3.8) is 0 Å². The fourth-order valence-corrected chi connectivity index (χ4v) is 1.77. The molecule has 0 saturated carbocycles. The number of aryl methyl sites for hydroxylation is 2. The number of carbonyl (C=O) groups is 2. The number of nitrogens with zero attached hydrogens (tertiary/aromatic N) is 4. The van der Waals surface area contributed by atoms with E-state index in [2.05, 4.69) is 20.5 Å². The van der Waals surface area contributed by atoms with Crippen LogP contribution < -0.4 is 5.32 Å². The summed E-state index contributed by atoms with van der Waals surface area (Å²) in [6.45, 7) is 4.27. The molecule has 0 aliphatic heterocycles. The number of nitrogens with one attached hydrogen (secondary N) is 1. The van der Waals surface area contributed by atoms with Crippen LogP contribution >= 0.6 is 0 Å². The van der Waals surface area contributed by atoms with Crippen LogP contribution in [0, 0.1) is 13.8 Å². The Labute approximate surface area is 120 Å². The van der Waals surface area contributed by atoms with Crippen LogP contribution in [0.2, 0.25) is 0 Å². The van der Waals surface area contributed by atoms with Gasteiger partial charge in [-0.15, -0.1) is 0 Å². The average molecular weight is 289 g/mol. The first-order chi connectivity index (χ1) is 9.97. The molecular formula is C13H15N5O3. The number of hydrogen-bond acceptors (Lipinski definition) is 5. The third kappa shape index (κ3) is 3.62. The molecule has 2 aromatic rings. The highest BCUT2D eigenvalue weighted by Crippen LogP contribution is 2.04. The van der Waals surface area contributed by atoms with Gasteiger partial charge in [-0.25, -0.2) is 9.78 Å². The number of imidazole rings is 1. The predicted molar refractivity (Wildman–Crippen MR) is 73.0 cm³/mol. The smallest absolute Gasteiger partial charge is 0.356 e. The largest absolute Gasteiger partial charge is 0.476 e. The summed E-state index contributed by atoms with van der Waals surface area (Å²) < 4.78 is 1.60. The molecule has 0 aliphatic rings. The van der Waals surface area contributed by atoms with Crippen molar-refractivity contribution in [2.75, 3.05) is 6.54 Å². The molecule has 0 bridgehead atoms. The maximum absolute atomic E-state index is 12.0. The SMILES string of the molecule is Cc1cc(C(=O)NCCn2cnc(C(=O)O)c2)c(C)nn1. The van der Waals surface area contributed by atoms with E-state index >= 15 is 0 Å². The van der Waals surface area contributed by atoms with E-state index in [0.717, 1.165) is 0 Å². The summed E-state index contributed by atoms with van der Waals surface area (Å²) in [7, 11) is 0. The van der Waals surface area contributed by atoms with Crippen molar-refractivity contribution in [3.05, 3.63) is 41.2 Å². The minimum Gasteiger partial charge on any atom is -0.476 e. The van der Waals surface area contributed by atoms with Gasteiger partial charge in [0, 0.05) is 19.3 Å². The minimum absolute atomic E-state index is 0.0221. The summed E-state index contributed by atoms with van der Waals surface area (Å²) in [6.07, 6.45) is 2.83. The van der Waals surface area contributed by atoms with Crippen LogP contribution in [0.5, 0.6) is 0 Å². The average Bonchev–Trinajstić information content (AvgIpc) is 2.90. The van der Waals surface area contributed by atoms with Gasteiger partial charge in [-0.2, -0.15) is 10.2 Å². The van der Waals surface area contributed by atoms with E-state index < -0.39 is 5.97 Å². The van der Waals surface area contributed by atoms with Crippen LogP contribution in [0.15, 0.2) is 18.6 Å². The standard InChI is InChI=1S/C13H15N5O3/c1-8-5-10(9(2)17-16-8)12(19)14-3-4-18-6-11(13(20)21)15-7-18/h5-7H,3-4H2,1-2H3,(H,14,19)(H,20,21). The van der Waals surface area contributed by atoms with E-state index in [-0.39, 0.29) is 11.6 Å². The van der Waals surface area contributed by atoms with Gasteiger partial charge < -0.3 is 15.0 Å². The van der Waals surface area contributed by atoms with Crippen LogP contribution in [-0.4, -0.2) is 43.3 Å². The lowest BCUT2D eigenvalue weighted by Crippen LogP contribution is -2.28. The summed E-state index contributed by atoms with van der Waals surface area (Å²) in [6, 6.07) is 1.68. The Morgan fingerprint density at radius 2 is 2.10 bits per heavy atom. The van der Waals surface area contributed by atoms with Gasteiger partial charge in [0.15, 0.2) is 5.69 Å². The van der Waals surface area contributed by atoms with Crippen molar-refractivity contribution >= 4 is 11.9 Å². The fourth-order valence-electron chi connectivity index (χ4n) is 1.77. The minimum atomic E-state index is -1.08. The second-order valence-corrected chi connectivity index (χ2v) is 4.54. The topological polar surface area (TPSA) is 110 Å². The first-order valence-electron chi connectivity index (χ1n) is 6.31. The van der Waals surface area contributed by atoms with Crippen LogP contribution in [-0.2, 0) is 6.54 Å². The quantitative estimate of drug-likeness (QED) is 0.825. The summed E-state index contributed by atoms with van der Waals surface area (Å²) in [5, 5.41) is 19.3. The number of carbonyl (C=O) groups excluding carboxylic acids is 1. The van der Waals surface area contributed by atoms with Gasteiger partial charge >= 0.3 is 5.97 Å². The lowest BCUT2D eigenvalue weighted by Gasteiger charge is -2.07. The molecule has 2 heterocycles. The van der Waals surface area contributed by atoms with E-state index in [0.29, 0.717) is 30.0 Å². The van der Waals surface area contributed by atoms with Gasteiger partial charge in [0.05, 0.1) is 23.3 Å². The van der Waals surface area contributed by atoms with Crippen molar-refractivity contribution < 1.29 is 14.7 Å². The second-order valence-electron chi connectivity index (χ2n) is 4.54. The highest BCUT2D eigenvalue weighted by atomic mass is 16.4. The molecule has 0 fully saturated rings. The fraction of sp³-hybridized carbons (Fsp3) is 0.308. The van der Waals surface area contributed by atoms with E-state index in [1.165, 1.54) is 12.5 Å². The van der Waals surface area contributed by atoms with Gasteiger partial charge in [-0.1, -0.05) is 0 Å². The molecule has 110 valence electrons. The lowest BCUT2D eigenvalue weighted by atomic mass is 10.2. The van der Waals surface area contributed by atoms with Crippen molar-refractivity contribution in [3.8, 4) is 0 Å². The van der Waals surface area contributed by atoms with Crippen molar-refractivity contribution in [2.24, 2.45) is 0 Å². The summed E-state index contributed by atoms with van der Waals surface area (Å²) >= 11 is 0. The molecule has 0 atom stereocenters.